The molecular weight excluding hydrogens is 244 g/mol. The highest BCUT2D eigenvalue weighted by molar-refractivity contribution is 5.74. The topological polar surface area (TPSA) is 55.8 Å². The number of ether oxygens (including phenoxy) is 2. The molecule has 0 aromatic heterocycles. The average Bonchev–Trinajstić information content (AvgIpc) is 2.46. The second-order valence-corrected chi connectivity index (χ2v) is 4.27. The third-order valence-electron chi connectivity index (χ3n) is 3.00. The molecule has 0 saturated heterocycles. The summed E-state index contributed by atoms with van der Waals surface area (Å²) >= 11 is 0. The molecule has 1 N–H and O–H groups in total. The zero-order chi connectivity index (χ0) is 13.2. The van der Waals surface area contributed by atoms with Gasteiger partial charge in [-0.2, -0.15) is 0 Å². The van der Waals surface area contributed by atoms with Gasteiger partial charge in [0.15, 0.2) is 17.6 Å². The van der Waals surface area contributed by atoms with E-state index in [-0.39, 0.29) is 0 Å². The first-order chi connectivity index (χ1) is 9.25. The van der Waals surface area contributed by atoms with Gasteiger partial charge in [0.05, 0.1) is 0 Å². The maximum absolute atomic E-state index is 11.3. The van der Waals surface area contributed by atoms with E-state index in [0.29, 0.717) is 11.5 Å². The Morgan fingerprint density at radius 3 is 2.11 bits per heavy atom. The van der Waals surface area contributed by atoms with Crippen molar-refractivity contribution in [1.82, 2.24) is 0 Å². The van der Waals surface area contributed by atoms with Crippen molar-refractivity contribution < 1.29 is 19.4 Å². The summed E-state index contributed by atoms with van der Waals surface area (Å²) in [6.45, 7) is 0. The van der Waals surface area contributed by atoms with Crippen LogP contribution in [-0.4, -0.2) is 17.2 Å². The lowest BCUT2D eigenvalue weighted by Gasteiger charge is -2.31. The van der Waals surface area contributed by atoms with E-state index in [1.54, 1.807) is 18.2 Å². The summed E-state index contributed by atoms with van der Waals surface area (Å²) in [5.41, 5.74) is 0.782. The van der Waals surface area contributed by atoms with E-state index in [1.807, 2.05) is 36.4 Å². The molecule has 0 bridgehead atoms. The van der Waals surface area contributed by atoms with Crippen molar-refractivity contribution in [3.63, 3.8) is 0 Å². The molecule has 19 heavy (non-hydrogen) atoms. The molecule has 2 aromatic carbocycles. The summed E-state index contributed by atoms with van der Waals surface area (Å²) in [4.78, 5) is 11.3. The second kappa shape index (κ2) is 4.65. The molecule has 0 spiro atoms. The first-order valence-electron chi connectivity index (χ1n) is 5.96. The van der Waals surface area contributed by atoms with E-state index in [0.717, 1.165) is 5.56 Å². The summed E-state index contributed by atoms with van der Waals surface area (Å²) in [6, 6.07) is 16.3. The van der Waals surface area contributed by atoms with Gasteiger partial charge in [0.2, 0.25) is 6.10 Å². The highest BCUT2D eigenvalue weighted by Gasteiger charge is 2.37. The maximum atomic E-state index is 11.3. The SMILES string of the molecule is O=C(O)C1Oc2ccccc2OC1c1ccccc1. The monoisotopic (exact) mass is 256 g/mol. The van der Waals surface area contributed by atoms with Crippen molar-refractivity contribution >= 4 is 5.97 Å². The van der Waals surface area contributed by atoms with Crippen LogP contribution < -0.4 is 9.47 Å². The molecule has 2 aromatic rings. The summed E-state index contributed by atoms with van der Waals surface area (Å²) in [5, 5.41) is 9.29. The molecule has 96 valence electrons. The van der Waals surface area contributed by atoms with Crippen LogP contribution >= 0.6 is 0 Å². The van der Waals surface area contributed by atoms with E-state index >= 15 is 0 Å². The fourth-order valence-electron chi connectivity index (χ4n) is 2.11. The van der Waals surface area contributed by atoms with Gasteiger partial charge in [-0.1, -0.05) is 42.5 Å². The van der Waals surface area contributed by atoms with E-state index < -0.39 is 18.2 Å². The number of hydrogen-bond donors (Lipinski definition) is 1. The van der Waals surface area contributed by atoms with Gasteiger partial charge in [0.25, 0.3) is 0 Å². The minimum absolute atomic E-state index is 0.460. The van der Waals surface area contributed by atoms with Crippen molar-refractivity contribution in [2.75, 3.05) is 0 Å². The Hall–Kier alpha value is -2.49. The van der Waals surface area contributed by atoms with Gasteiger partial charge in [-0.25, -0.2) is 4.79 Å². The molecule has 0 radical (unpaired) electrons. The molecule has 4 heteroatoms. The Morgan fingerprint density at radius 2 is 1.47 bits per heavy atom. The van der Waals surface area contributed by atoms with Crippen molar-refractivity contribution in [3.05, 3.63) is 60.2 Å². The largest absolute Gasteiger partial charge is 0.478 e. The standard InChI is InChI=1S/C15H12O4/c16-15(17)14-13(10-6-2-1-3-7-10)18-11-8-4-5-9-12(11)19-14/h1-9,13-14H,(H,16,17). The zero-order valence-electron chi connectivity index (χ0n) is 10.0. The van der Waals surface area contributed by atoms with E-state index in [4.69, 9.17) is 9.47 Å². The summed E-state index contributed by atoms with van der Waals surface area (Å²) < 4.78 is 11.3. The first kappa shape index (κ1) is 11.6. The minimum Gasteiger partial charge on any atom is -0.478 e. The molecule has 2 unspecified atom stereocenters. The quantitative estimate of drug-likeness (QED) is 0.897. The number of hydrogen-bond acceptors (Lipinski definition) is 3. The summed E-state index contributed by atoms with van der Waals surface area (Å²) in [7, 11) is 0. The fourth-order valence-corrected chi connectivity index (χ4v) is 2.11. The van der Waals surface area contributed by atoms with Crippen molar-refractivity contribution in [2.45, 2.75) is 12.2 Å². The first-order valence-corrected chi connectivity index (χ1v) is 5.96. The van der Waals surface area contributed by atoms with Crippen LogP contribution in [-0.2, 0) is 4.79 Å². The smallest absolute Gasteiger partial charge is 0.349 e. The van der Waals surface area contributed by atoms with Gasteiger partial charge in [0, 0.05) is 0 Å². The number of aliphatic carboxylic acids is 1. The predicted molar refractivity (Wildman–Crippen MR) is 68.3 cm³/mol. The van der Waals surface area contributed by atoms with Crippen LogP contribution in [0.1, 0.15) is 11.7 Å². The Labute approximate surface area is 110 Å². The summed E-state index contributed by atoms with van der Waals surface area (Å²) in [5.74, 6) is -0.0145. The van der Waals surface area contributed by atoms with Gasteiger partial charge in [-0.15, -0.1) is 0 Å². The predicted octanol–water partition coefficient (Wildman–Crippen LogP) is 2.65. The van der Waals surface area contributed by atoms with Crippen LogP contribution in [0, 0.1) is 0 Å². The number of benzene rings is 2. The van der Waals surface area contributed by atoms with E-state index in [2.05, 4.69) is 0 Å². The molecule has 3 rings (SSSR count). The number of rotatable bonds is 2. The second-order valence-electron chi connectivity index (χ2n) is 4.27. The van der Waals surface area contributed by atoms with Crippen LogP contribution in [0.25, 0.3) is 0 Å². The van der Waals surface area contributed by atoms with Crippen molar-refractivity contribution in [2.24, 2.45) is 0 Å². The van der Waals surface area contributed by atoms with Crippen LogP contribution in [0.5, 0.6) is 11.5 Å². The lowest BCUT2D eigenvalue weighted by molar-refractivity contribution is -0.151. The van der Waals surface area contributed by atoms with E-state index in [1.165, 1.54) is 0 Å². The highest BCUT2D eigenvalue weighted by atomic mass is 16.6. The molecule has 1 aliphatic rings. The number of para-hydroxylation sites is 2. The number of carboxylic acid groups (broad SMARTS) is 1. The maximum Gasteiger partial charge on any atom is 0.349 e. The minimum atomic E-state index is -1.04. The van der Waals surface area contributed by atoms with Gasteiger partial charge < -0.3 is 14.6 Å². The van der Waals surface area contributed by atoms with Gasteiger partial charge >= 0.3 is 5.97 Å². The summed E-state index contributed by atoms with van der Waals surface area (Å²) in [6.07, 6.45) is -1.69. The molecule has 0 amide bonds. The van der Waals surface area contributed by atoms with Crippen LogP contribution in [0.4, 0.5) is 0 Å². The Balaban J connectivity index is 2.01. The molecule has 1 aliphatic heterocycles. The van der Waals surface area contributed by atoms with E-state index in [9.17, 15) is 9.90 Å². The third kappa shape index (κ3) is 2.12. The van der Waals surface area contributed by atoms with Crippen LogP contribution in [0.15, 0.2) is 54.6 Å². The Bertz CT molecular complexity index is 594. The molecule has 0 aliphatic carbocycles. The number of carboxylic acids is 1. The van der Waals surface area contributed by atoms with Crippen LogP contribution in [0.2, 0.25) is 0 Å². The average molecular weight is 256 g/mol. The molecule has 1 heterocycles. The zero-order valence-corrected chi connectivity index (χ0v) is 10.0. The van der Waals surface area contributed by atoms with Gasteiger partial charge in [-0.3, -0.25) is 0 Å². The van der Waals surface area contributed by atoms with Gasteiger partial charge in [-0.05, 0) is 17.7 Å². The van der Waals surface area contributed by atoms with Gasteiger partial charge in [0.1, 0.15) is 0 Å². The number of fused-ring (bicyclic) bond motifs is 1. The molecular formula is C15H12O4. The molecule has 2 atom stereocenters. The normalized spacial score (nSPS) is 20.8. The fraction of sp³-hybridized carbons (Fsp3) is 0.133. The molecule has 4 nitrogen and oxygen atoms in total. The van der Waals surface area contributed by atoms with Crippen molar-refractivity contribution in [1.29, 1.82) is 0 Å². The van der Waals surface area contributed by atoms with Crippen molar-refractivity contribution in [3.8, 4) is 11.5 Å². The number of carbonyl (C=O) groups is 1. The molecule has 0 fully saturated rings. The Morgan fingerprint density at radius 1 is 0.895 bits per heavy atom. The van der Waals surface area contributed by atoms with Crippen LogP contribution in [0.3, 0.4) is 0 Å². The lowest BCUT2D eigenvalue weighted by atomic mass is 10.0. The Kier molecular flexibility index (Phi) is 2.83. The molecule has 0 saturated carbocycles. The highest BCUT2D eigenvalue weighted by Crippen LogP contribution is 2.39. The lowest BCUT2D eigenvalue weighted by Crippen LogP contribution is -2.39. The third-order valence-corrected chi connectivity index (χ3v) is 3.00.